The van der Waals surface area contributed by atoms with Crippen molar-refractivity contribution in [3.05, 3.63) is 27.4 Å². The number of nitrogens with zero attached hydrogens (tertiary/aromatic N) is 2. The van der Waals surface area contributed by atoms with E-state index in [1.165, 1.54) is 0 Å². The third kappa shape index (κ3) is 2.86. The van der Waals surface area contributed by atoms with Crippen molar-refractivity contribution in [3.8, 4) is 0 Å². The predicted molar refractivity (Wildman–Crippen MR) is 53.6 cm³/mol. The third-order valence-electron chi connectivity index (χ3n) is 1.87. The van der Waals surface area contributed by atoms with E-state index in [2.05, 4.69) is 4.98 Å². The van der Waals surface area contributed by atoms with E-state index < -0.39 is 42.4 Å². The molecular weight excluding hydrogens is 282 g/mol. The van der Waals surface area contributed by atoms with Gasteiger partial charge in [0.15, 0.2) is 5.03 Å². The molecule has 0 radical (unpaired) electrons. The van der Waals surface area contributed by atoms with E-state index in [9.17, 15) is 27.3 Å². The van der Waals surface area contributed by atoms with Gasteiger partial charge in [0.05, 0.1) is 16.7 Å². The molecule has 0 aromatic carbocycles. The molecule has 0 fully saturated rings. The molecule has 0 spiro atoms. The Balaban J connectivity index is 3.64. The van der Waals surface area contributed by atoms with E-state index in [1.807, 2.05) is 0 Å². The normalized spacial score (nSPS) is 11.8. The average molecular weight is 287 g/mol. The van der Waals surface area contributed by atoms with Gasteiger partial charge in [-0.2, -0.15) is 0 Å². The SMILES string of the molecule is Cc1nc(S(=O)(=O)Cl)cc([N+](=O)[O-])c1C(F)F. The quantitative estimate of drug-likeness (QED) is 0.482. The van der Waals surface area contributed by atoms with Gasteiger partial charge in [-0.15, -0.1) is 0 Å². The summed E-state index contributed by atoms with van der Waals surface area (Å²) < 4.78 is 47.0. The van der Waals surface area contributed by atoms with Crippen molar-refractivity contribution in [2.24, 2.45) is 0 Å². The van der Waals surface area contributed by atoms with E-state index in [1.54, 1.807) is 0 Å². The highest BCUT2D eigenvalue weighted by atomic mass is 35.7. The van der Waals surface area contributed by atoms with Gasteiger partial charge in [0.2, 0.25) is 0 Å². The van der Waals surface area contributed by atoms with E-state index >= 15 is 0 Å². The van der Waals surface area contributed by atoms with Gasteiger partial charge in [0, 0.05) is 10.7 Å². The maximum Gasteiger partial charge on any atom is 0.283 e. The molecule has 1 heterocycles. The van der Waals surface area contributed by atoms with Crippen LogP contribution in [0.2, 0.25) is 0 Å². The van der Waals surface area contributed by atoms with E-state index in [0.29, 0.717) is 6.07 Å². The fraction of sp³-hybridized carbons (Fsp3) is 0.286. The standard InChI is InChI=1S/C7H5ClF2N2O4S/c1-3-6(7(9)10)4(12(13)14)2-5(11-3)17(8,15)16/h2,7H,1H3. The minimum atomic E-state index is -4.31. The van der Waals surface area contributed by atoms with Gasteiger partial charge < -0.3 is 0 Å². The number of halogens is 3. The molecule has 94 valence electrons. The highest BCUT2D eigenvalue weighted by molar-refractivity contribution is 8.13. The molecule has 0 amide bonds. The summed E-state index contributed by atoms with van der Waals surface area (Å²) in [5.74, 6) is 0. The highest BCUT2D eigenvalue weighted by Crippen LogP contribution is 2.33. The lowest BCUT2D eigenvalue weighted by molar-refractivity contribution is -0.386. The zero-order chi connectivity index (χ0) is 13.4. The van der Waals surface area contributed by atoms with Crippen molar-refractivity contribution in [2.45, 2.75) is 18.4 Å². The number of aryl methyl sites for hydroxylation is 1. The number of pyridine rings is 1. The number of rotatable bonds is 3. The molecule has 0 saturated carbocycles. The Morgan fingerprint density at radius 1 is 1.53 bits per heavy atom. The summed E-state index contributed by atoms with van der Waals surface area (Å²) in [6.07, 6.45) is -3.13. The molecule has 0 bridgehead atoms. The van der Waals surface area contributed by atoms with Crippen molar-refractivity contribution in [1.29, 1.82) is 0 Å². The first kappa shape index (κ1) is 13.7. The van der Waals surface area contributed by atoms with E-state index in [-0.39, 0.29) is 0 Å². The third-order valence-corrected chi connectivity index (χ3v) is 3.05. The van der Waals surface area contributed by atoms with Crippen LogP contribution in [0.4, 0.5) is 14.5 Å². The minimum absolute atomic E-state index is 0.414. The number of hydrogen-bond acceptors (Lipinski definition) is 5. The van der Waals surface area contributed by atoms with Crippen molar-refractivity contribution < 1.29 is 22.1 Å². The largest absolute Gasteiger partial charge is 0.283 e. The summed E-state index contributed by atoms with van der Waals surface area (Å²) in [4.78, 5) is 12.8. The minimum Gasteiger partial charge on any atom is -0.258 e. The summed E-state index contributed by atoms with van der Waals surface area (Å²) in [5.41, 5.74) is -2.39. The zero-order valence-corrected chi connectivity index (χ0v) is 9.80. The van der Waals surface area contributed by atoms with Crippen molar-refractivity contribution >= 4 is 25.4 Å². The van der Waals surface area contributed by atoms with Gasteiger partial charge in [-0.3, -0.25) is 10.1 Å². The first-order chi connectivity index (χ1) is 7.64. The Kier molecular flexibility index (Phi) is 3.62. The summed E-state index contributed by atoms with van der Waals surface area (Å²) in [7, 11) is 0.627. The van der Waals surface area contributed by atoms with Gasteiger partial charge in [-0.1, -0.05) is 0 Å². The van der Waals surface area contributed by atoms with Gasteiger partial charge in [-0.05, 0) is 6.92 Å². The lowest BCUT2D eigenvalue weighted by Crippen LogP contribution is -2.05. The molecule has 10 heteroatoms. The van der Waals surface area contributed by atoms with Crippen LogP contribution in [-0.4, -0.2) is 18.3 Å². The van der Waals surface area contributed by atoms with Crippen LogP contribution in [0.15, 0.2) is 11.1 Å². The molecule has 0 saturated heterocycles. The molecule has 0 atom stereocenters. The summed E-state index contributed by atoms with van der Waals surface area (Å²) in [5, 5.41) is 9.74. The van der Waals surface area contributed by atoms with Gasteiger partial charge in [-0.25, -0.2) is 22.2 Å². The average Bonchev–Trinajstić information content (AvgIpc) is 2.13. The molecule has 1 aromatic heterocycles. The Labute approximate surface area is 98.8 Å². The van der Waals surface area contributed by atoms with Crippen LogP contribution >= 0.6 is 10.7 Å². The molecule has 0 unspecified atom stereocenters. The van der Waals surface area contributed by atoms with Crippen LogP contribution in [0, 0.1) is 17.0 Å². The Bertz CT molecular complexity index is 575. The van der Waals surface area contributed by atoms with Gasteiger partial charge in [0.25, 0.3) is 21.2 Å². The second kappa shape index (κ2) is 4.49. The Morgan fingerprint density at radius 2 is 2.06 bits per heavy atom. The predicted octanol–water partition coefficient (Wildman–Crippen LogP) is 2.16. The lowest BCUT2D eigenvalue weighted by atomic mass is 10.2. The Morgan fingerprint density at radius 3 is 2.41 bits per heavy atom. The molecule has 0 N–H and O–H groups in total. The zero-order valence-electron chi connectivity index (χ0n) is 8.22. The van der Waals surface area contributed by atoms with Crippen molar-refractivity contribution in [1.82, 2.24) is 4.98 Å². The van der Waals surface area contributed by atoms with E-state index in [4.69, 9.17) is 10.7 Å². The number of aromatic nitrogens is 1. The molecule has 1 aromatic rings. The van der Waals surface area contributed by atoms with Crippen LogP contribution in [0.3, 0.4) is 0 Å². The smallest absolute Gasteiger partial charge is 0.258 e. The van der Waals surface area contributed by atoms with Crippen LogP contribution in [0.25, 0.3) is 0 Å². The summed E-state index contributed by atoms with van der Waals surface area (Å²) >= 11 is 0. The molecule has 1 rings (SSSR count). The maximum absolute atomic E-state index is 12.6. The molecule has 0 aliphatic rings. The first-order valence-corrected chi connectivity index (χ1v) is 6.34. The second-order valence-electron chi connectivity index (χ2n) is 2.97. The molecular formula is C7H5ClF2N2O4S. The number of nitro groups is 1. The fourth-order valence-corrected chi connectivity index (χ4v) is 1.92. The number of alkyl halides is 2. The molecule has 0 aliphatic heterocycles. The topological polar surface area (TPSA) is 90.2 Å². The van der Waals surface area contributed by atoms with Crippen LogP contribution in [0.1, 0.15) is 17.7 Å². The second-order valence-corrected chi connectivity index (χ2v) is 5.49. The van der Waals surface area contributed by atoms with Gasteiger partial charge in [0.1, 0.15) is 5.56 Å². The Hall–Kier alpha value is -1.35. The number of hydrogen-bond donors (Lipinski definition) is 0. The van der Waals surface area contributed by atoms with Crippen molar-refractivity contribution in [3.63, 3.8) is 0 Å². The first-order valence-electron chi connectivity index (χ1n) is 4.03. The monoisotopic (exact) mass is 286 g/mol. The van der Waals surface area contributed by atoms with Crippen LogP contribution in [0.5, 0.6) is 0 Å². The van der Waals surface area contributed by atoms with Crippen molar-refractivity contribution in [2.75, 3.05) is 0 Å². The molecule has 17 heavy (non-hydrogen) atoms. The van der Waals surface area contributed by atoms with E-state index in [0.717, 1.165) is 6.92 Å². The molecule has 6 nitrogen and oxygen atoms in total. The summed E-state index contributed by atoms with van der Waals surface area (Å²) in [6, 6.07) is 0.414. The maximum atomic E-state index is 12.6. The fourth-order valence-electron chi connectivity index (χ4n) is 1.18. The molecule has 0 aliphatic carbocycles. The lowest BCUT2D eigenvalue weighted by Gasteiger charge is -2.06. The highest BCUT2D eigenvalue weighted by Gasteiger charge is 2.28. The van der Waals surface area contributed by atoms with Gasteiger partial charge >= 0.3 is 0 Å². The summed E-state index contributed by atoms with van der Waals surface area (Å²) in [6.45, 7) is 1.04. The van der Waals surface area contributed by atoms with Crippen LogP contribution in [-0.2, 0) is 9.05 Å². The van der Waals surface area contributed by atoms with Crippen LogP contribution < -0.4 is 0 Å².